The van der Waals surface area contributed by atoms with Crippen LogP contribution in [0.15, 0.2) is 72.8 Å². The van der Waals surface area contributed by atoms with Crippen molar-refractivity contribution >= 4 is 22.6 Å². The van der Waals surface area contributed by atoms with Crippen molar-refractivity contribution in [3.63, 3.8) is 0 Å². The number of benzene rings is 3. The van der Waals surface area contributed by atoms with E-state index < -0.39 is 0 Å². The van der Waals surface area contributed by atoms with E-state index in [9.17, 15) is 4.79 Å². The fourth-order valence-corrected chi connectivity index (χ4v) is 2.99. The molecule has 0 fully saturated rings. The predicted octanol–water partition coefficient (Wildman–Crippen LogP) is 4.96. The summed E-state index contributed by atoms with van der Waals surface area (Å²) in [6.45, 7) is 2.57. The molecule has 0 bridgehead atoms. The Bertz CT molecular complexity index is 1090. The van der Waals surface area contributed by atoms with E-state index in [2.05, 4.69) is 22.4 Å². The molecule has 0 unspecified atom stereocenters. The summed E-state index contributed by atoms with van der Waals surface area (Å²) in [6, 6.07) is 23.3. The molecule has 3 aromatic carbocycles. The quantitative estimate of drug-likeness (QED) is 0.503. The van der Waals surface area contributed by atoms with Gasteiger partial charge in [-0.25, -0.2) is 0 Å². The number of amides is 1. The SMILES string of the molecule is CCc1ccc(C(=O)Nc2n[nH]c3ccc(OCc4ccccc4)cc23)cc1. The monoisotopic (exact) mass is 371 g/mol. The van der Waals surface area contributed by atoms with Crippen LogP contribution in [0.3, 0.4) is 0 Å². The number of rotatable bonds is 6. The molecule has 1 amide bonds. The van der Waals surface area contributed by atoms with E-state index in [0.29, 0.717) is 18.0 Å². The van der Waals surface area contributed by atoms with Crippen LogP contribution in [0.5, 0.6) is 5.75 Å². The Morgan fingerprint density at radius 2 is 1.79 bits per heavy atom. The van der Waals surface area contributed by atoms with Crippen molar-refractivity contribution in [2.24, 2.45) is 0 Å². The molecule has 0 radical (unpaired) electrons. The highest BCUT2D eigenvalue weighted by Gasteiger charge is 2.12. The summed E-state index contributed by atoms with van der Waals surface area (Å²) in [4.78, 5) is 12.6. The number of nitrogens with one attached hydrogen (secondary N) is 2. The molecule has 0 aliphatic carbocycles. The molecule has 0 atom stereocenters. The Balaban J connectivity index is 1.51. The lowest BCUT2D eigenvalue weighted by Gasteiger charge is -2.07. The number of aromatic amines is 1. The second kappa shape index (κ2) is 7.96. The van der Waals surface area contributed by atoms with Crippen LogP contribution in [0.25, 0.3) is 10.9 Å². The van der Waals surface area contributed by atoms with Crippen LogP contribution in [0.1, 0.15) is 28.4 Å². The third kappa shape index (κ3) is 3.88. The summed E-state index contributed by atoms with van der Waals surface area (Å²) in [5, 5.41) is 10.9. The Hall–Kier alpha value is -3.60. The first kappa shape index (κ1) is 17.8. The van der Waals surface area contributed by atoms with Crippen LogP contribution >= 0.6 is 0 Å². The van der Waals surface area contributed by atoms with Crippen molar-refractivity contribution in [2.75, 3.05) is 5.32 Å². The molecule has 2 N–H and O–H groups in total. The maximum absolute atomic E-state index is 12.6. The molecule has 28 heavy (non-hydrogen) atoms. The van der Waals surface area contributed by atoms with Crippen LogP contribution in [0, 0.1) is 0 Å². The molecule has 1 aromatic heterocycles. The lowest BCUT2D eigenvalue weighted by Crippen LogP contribution is -2.12. The van der Waals surface area contributed by atoms with E-state index in [-0.39, 0.29) is 5.91 Å². The van der Waals surface area contributed by atoms with E-state index in [0.717, 1.165) is 28.6 Å². The Kier molecular flexibility index (Phi) is 5.06. The number of H-pyrrole nitrogens is 1. The van der Waals surface area contributed by atoms with E-state index in [1.165, 1.54) is 5.56 Å². The second-order valence-electron chi connectivity index (χ2n) is 6.56. The van der Waals surface area contributed by atoms with Gasteiger partial charge in [0.1, 0.15) is 12.4 Å². The molecule has 0 saturated carbocycles. The lowest BCUT2D eigenvalue weighted by atomic mass is 10.1. The van der Waals surface area contributed by atoms with Gasteiger partial charge in [-0.2, -0.15) is 5.10 Å². The number of hydrogen-bond donors (Lipinski definition) is 2. The number of aryl methyl sites for hydroxylation is 1. The highest BCUT2D eigenvalue weighted by Crippen LogP contribution is 2.26. The molecule has 4 aromatic rings. The number of nitrogens with zero attached hydrogens (tertiary/aromatic N) is 1. The topological polar surface area (TPSA) is 67.0 Å². The number of ether oxygens (including phenoxy) is 1. The first-order chi connectivity index (χ1) is 13.7. The lowest BCUT2D eigenvalue weighted by molar-refractivity contribution is 0.102. The van der Waals surface area contributed by atoms with Gasteiger partial charge in [0.2, 0.25) is 0 Å². The third-order valence-electron chi connectivity index (χ3n) is 4.64. The molecule has 5 nitrogen and oxygen atoms in total. The van der Waals surface area contributed by atoms with E-state index in [4.69, 9.17) is 4.74 Å². The number of aromatic nitrogens is 2. The van der Waals surface area contributed by atoms with Gasteiger partial charge in [0.25, 0.3) is 5.91 Å². The number of carbonyl (C=O) groups is 1. The van der Waals surface area contributed by atoms with E-state index in [1.54, 1.807) is 0 Å². The molecular formula is C23H21N3O2. The van der Waals surface area contributed by atoms with Crippen molar-refractivity contribution in [1.29, 1.82) is 0 Å². The minimum absolute atomic E-state index is 0.188. The van der Waals surface area contributed by atoms with Gasteiger partial charge in [0.05, 0.1) is 5.52 Å². The third-order valence-corrected chi connectivity index (χ3v) is 4.64. The maximum atomic E-state index is 12.6. The van der Waals surface area contributed by atoms with E-state index in [1.807, 2.05) is 72.8 Å². The molecule has 0 spiro atoms. The minimum atomic E-state index is -0.188. The summed E-state index contributed by atoms with van der Waals surface area (Å²) in [7, 11) is 0. The van der Waals surface area contributed by atoms with Crippen molar-refractivity contribution in [1.82, 2.24) is 10.2 Å². The Morgan fingerprint density at radius 3 is 2.54 bits per heavy atom. The number of carbonyl (C=O) groups excluding carboxylic acids is 1. The molecule has 4 rings (SSSR count). The zero-order valence-corrected chi connectivity index (χ0v) is 15.6. The van der Waals surface area contributed by atoms with Crippen molar-refractivity contribution in [3.8, 4) is 5.75 Å². The summed E-state index contributed by atoms with van der Waals surface area (Å²) < 4.78 is 5.89. The first-order valence-corrected chi connectivity index (χ1v) is 9.28. The summed E-state index contributed by atoms with van der Waals surface area (Å²) in [6.07, 6.45) is 0.942. The molecule has 140 valence electrons. The maximum Gasteiger partial charge on any atom is 0.256 e. The van der Waals surface area contributed by atoms with Gasteiger partial charge in [-0.1, -0.05) is 49.4 Å². The predicted molar refractivity (Wildman–Crippen MR) is 111 cm³/mol. The highest BCUT2D eigenvalue weighted by molar-refractivity contribution is 6.08. The standard InChI is InChI=1S/C23H21N3O2/c1-2-16-8-10-18(11-9-16)23(27)24-22-20-14-19(12-13-21(20)25-26-22)28-15-17-6-4-3-5-7-17/h3-14H,2,15H2,1H3,(H2,24,25,26,27). The van der Waals surface area contributed by atoms with Crippen LogP contribution in [0.4, 0.5) is 5.82 Å². The van der Waals surface area contributed by atoms with Crippen molar-refractivity contribution < 1.29 is 9.53 Å². The van der Waals surface area contributed by atoms with Gasteiger partial charge >= 0.3 is 0 Å². The number of fused-ring (bicyclic) bond motifs is 1. The number of anilines is 1. The zero-order chi connectivity index (χ0) is 19.3. The van der Waals surface area contributed by atoms with Crippen molar-refractivity contribution in [3.05, 3.63) is 89.5 Å². The molecule has 0 aliphatic rings. The molecule has 5 heteroatoms. The zero-order valence-electron chi connectivity index (χ0n) is 15.6. The van der Waals surface area contributed by atoms with Crippen molar-refractivity contribution in [2.45, 2.75) is 20.0 Å². The van der Waals surface area contributed by atoms with Gasteiger partial charge in [-0.05, 0) is 47.9 Å². The summed E-state index contributed by atoms with van der Waals surface area (Å²) >= 11 is 0. The number of hydrogen-bond acceptors (Lipinski definition) is 3. The molecule has 0 aliphatic heterocycles. The van der Waals surface area contributed by atoms with Gasteiger partial charge in [0.15, 0.2) is 5.82 Å². The van der Waals surface area contributed by atoms with Crippen LogP contribution in [-0.4, -0.2) is 16.1 Å². The molecule has 0 saturated heterocycles. The smallest absolute Gasteiger partial charge is 0.256 e. The fourth-order valence-electron chi connectivity index (χ4n) is 2.99. The molecule has 1 heterocycles. The van der Waals surface area contributed by atoms with Gasteiger partial charge in [0, 0.05) is 10.9 Å². The first-order valence-electron chi connectivity index (χ1n) is 9.28. The minimum Gasteiger partial charge on any atom is -0.489 e. The van der Waals surface area contributed by atoms with Gasteiger partial charge in [-0.15, -0.1) is 0 Å². The summed E-state index contributed by atoms with van der Waals surface area (Å²) in [5.74, 6) is 1.02. The molecular weight excluding hydrogens is 350 g/mol. The normalized spacial score (nSPS) is 10.8. The fraction of sp³-hybridized carbons (Fsp3) is 0.130. The van der Waals surface area contributed by atoms with Crippen LogP contribution in [0.2, 0.25) is 0 Å². The van der Waals surface area contributed by atoms with Gasteiger partial charge < -0.3 is 10.1 Å². The van der Waals surface area contributed by atoms with Gasteiger partial charge in [-0.3, -0.25) is 9.89 Å². The van der Waals surface area contributed by atoms with Crippen LogP contribution < -0.4 is 10.1 Å². The van der Waals surface area contributed by atoms with Crippen LogP contribution in [-0.2, 0) is 13.0 Å². The largest absolute Gasteiger partial charge is 0.489 e. The average molecular weight is 371 g/mol. The average Bonchev–Trinajstić information content (AvgIpc) is 3.15. The second-order valence-corrected chi connectivity index (χ2v) is 6.56. The Morgan fingerprint density at radius 1 is 1.00 bits per heavy atom. The highest BCUT2D eigenvalue weighted by atomic mass is 16.5. The Labute approximate surface area is 163 Å². The van der Waals surface area contributed by atoms with E-state index >= 15 is 0 Å². The summed E-state index contributed by atoms with van der Waals surface area (Å²) in [5.41, 5.74) is 3.73.